The van der Waals surface area contributed by atoms with Crippen LogP contribution in [0.3, 0.4) is 0 Å². The van der Waals surface area contributed by atoms with Crippen molar-refractivity contribution in [3.05, 3.63) is 35.9 Å². The predicted molar refractivity (Wildman–Crippen MR) is 97.3 cm³/mol. The molecule has 1 saturated heterocycles. The van der Waals surface area contributed by atoms with Crippen LogP contribution in [0.4, 0.5) is 0 Å². The Kier molecular flexibility index (Phi) is 5.74. The van der Waals surface area contributed by atoms with Gasteiger partial charge < -0.3 is 9.64 Å². The molecule has 2 fully saturated rings. The lowest BCUT2D eigenvalue weighted by molar-refractivity contribution is -0.165. The number of fused-ring (bicyclic) bond motifs is 1. The van der Waals surface area contributed by atoms with E-state index in [9.17, 15) is 14.4 Å². The number of aryl methyl sites for hydroxylation is 1. The lowest BCUT2D eigenvalue weighted by Crippen LogP contribution is -2.60. The van der Waals surface area contributed by atoms with Crippen LogP contribution < -0.4 is 0 Å². The molecular weight excluding hydrogens is 330 g/mol. The lowest BCUT2D eigenvalue weighted by Gasteiger charge is -2.42. The Morgan fingerprint density at radius 2 is 1.88 bits per heavy atom. The zero-order valence-corrected chi connectivity index (χ0v) is 15.5. The Balaban J connectivity index is 1.83. The standard InChI is InChI=1S/C21H27NO4/c1-3-26-21(25)18(13-12-15-8-5-4-6-9-15)22-14(2)19(23)16-10-7-11-17(16)20(22)24/h4-6,8-9,14,16-18H,3,7,10-13H2,1-2H3/t14-,16?,17?,18-/m0/s1. The van der Waals surface area contributed by atoms with Crippen LogP contribution in [0, 0.1) is 11.8 Å². The van der Waals surface area contributed by atoms with Gasteiger partial charge in [0.05, 0.1) is 12.6 Å². The number of amides is 1. The van der Waals surface area contributed by atoms with Crippen molar-refractivity contribution in [3.8, 4) is 0 Å². The molecule has 5 heteroatoms. The minimum absolute atomic E-state index is 0.0503. The van der Waals surface area contributed by atoms with Gasteiger partial charge >= 0.3 is 5.97 Å². The minimum Gasteiger partial charge on any atom is -0.464 e. The molecule has 5 nitrogen and oxygen atoms in total. The Morgan fingerprint density at radius 1 is 1.19 bits per heavy atom. The highest BCUT2D eigenvalue weighted by molar-refractivity contribution is 6.00. The molecule has 0 radical (unpaired) electrons. The summed E-state index contributed by atoms with van der Waals surface area (Å²) in [5.74, 6) is -0.780. The molecule has 1 aromatic carbocycles. The summed E-state index contributed by atoms with van der Waals surface area (Å²) in [6.07, 6.45) is 3.56. The van der Waals surface area contributed by atoms with E-state index in [1.165, 1.54) is 4.90 Å². The molecule has 1 heterocycles. The average molecular weight is 357 g/mol. The SMILES string of the molecule is CCOC(=O)[C@H](CCc1ccccc1)N1C(=O)C2CCCC2C(=O)[C@@H]1C. The van der Waals surface area contributed by atoms with Crippen LogP contribution in [0.5, 0.6) is 0 Å². The van der Waals surface area contributed by atoms with Crippen LogP contribution in [0.1, 0.15) is 45.1 Å². The molecule has 0 bridgehead atoms. The van der Waals surface area contributed by atoms with Gasteiger partial charge in [-0.25, -0.2) is 4.79 Å². The average Bonchev–Trinajstić information content (AvgIpc) is 3.14. The number of Topliss-reactive ketones (excluding diaryl/α,β-unsaturated/α-hetero) is 1. The van der Waals surface area contributed by atoms with E-state index >= 15 is 0 Å². The number of hydrogen-bond acceptors (Lipinski definition) is 4. The summed E-state index contributed by atoms with van der Waals surface area (Å²) >= 11 is 0. The highest BCUT2D eigenvalue weighted by Gasteiger charge is 2.51. The van der Waals surface area contributed by atoms with Crippen LogP contribution in [0.15, 0.2) is 30.3 Å². The van der Waals surface area contributed by atoms with Crippen LogP contribution in [-0.2, 0) is 25.5 Å². The van der Waals surface area contributed by atoms with E-state index in [1.807, 2.05) is 30.3 Å². The number of hydrogen-bond donors (Lipinski definition) is 0. The van der Waals surface area contributed by atoms with Gasteiger partial charge in [-0.15, -0.1) is 0 Å². The fourth-order valence-corrected chi connectivity index (χ4v) is 4.41. The molecule has 140 valence electrons. The largest absolute Gasteiger partial charge is 0.464 e. The Labute approximate surface area is 154 Å². The first-order valence-electron chi connectivity index (χ1n) is 9.61. The van der Waals surface area contributed by atoms with Gasteiger partial charge in [-0.3, -0.25) is 9.59 Å². The van der Waals surface area contributed by atoms with E-state index in [-0.39, 0.29) is 30.1 Å². The third-order valence-corrected chi connectivity index (χ3v) is 5.73. The Bertz CT molecular complexity index is 672. The maximum atomic E-state index is 13.1. The van der Waals surface area contributed by atoms with E-state index in [0.717, 1.165) is 24.8 Å². The second-order valence-corrected chi connectivity index (χ2v) is 7.26. The molecule has 1 aliphatic carbocycles. The summed E-state index contributed by atoms with van der Waals surface area (Å²) in [6, 6.07) is 8.59. The summed E-state index contributed by atoms with van der Waals surface area (Å²) in [7, 11) is 0. The highest BCUT2D eigenvalue weighted by Crippen LogP contribution is 2.40. The van der Waals surface area contributed by atoms with E-state index in [2.05, 4.69) is 0 Å². The van der Waals surface area contributed by atoms with Gasteiger partial charge in [0.2, 0.25) is 5.91 Å². The first-order chi connectivity index (χ1) is 12.5. The molecule has 3 rings (SSSR count). The molecule has 1 aliphatic heterocycles. The smallest absolute Gasteiger partial charge is 0.328 e. The Hall–Kier alpha value is -2.17. The van der Waals surface area contributed by atoms with Gasteiger partial charge in [0, 0.05) is 11.8 Å². The van der Waals surface area contributed by atoms with Crippen molar-refractivity contribution >= 4 is 17.7 Å². The van der Waals surface area contributed by atoms with Gasteiger partial charge in [-0.2, -0.15) is 0 Å². The van der Waals surface area contributed by atoms with E-state index < -0.39 is 18.1 Å². The predicted octanol–water partition coefficient (Wildman–Crippen LogP) is 2.77. The fraction of sp³-hybridized carbons (Fsp3) is 0.571. The summed E-state index contributed by atoms with van der Waals surface area (Å²) in [4.78, 5) is 40.0. The number of nitrogens with zero attached hydrogens (tertiary/aromatic N) is 1. The molecule has 2 unspecified atom stereocenters. The van der Waals surface area contributed by atoms with E-state index in [1.54, 1.807) is 13.8 Å². The maximum absolute atomic E-state index is 13.1. The van der Waals surface area contributed by atoms with Gasteiger partial charge in [-0.05, 0) is 45.1 Å². The molecule has 0 aromatic heterocycles. The number of piperidine rings is 1. The van der Waals surface area contributed by atoms with E-state index in [0.29, 0.717) is 12.8 Å². The maximum Gasteiger partial charge on any atom is 0.328 e. The van der Waals surface area contributed by atoms with Gasteiger partial charge in [-0.1, -0.05) is 36.8 Å². The van der Waals surface area contributed by atoms with Crippen molar-refractivity contribution in [1.82, 2.24) is 4.90 Å². The van der Waals surface area contributed by atoms with Crippen LogP contribution in [0.2, 0.25) is 0 Å². The second-order valence-electron chi connectivity index (χ2n) is 7.26. The van der Waals surface area contributed by atoms with E-state index in [4.69, 9.17) is 4.74 Å². The first-order valence-corrected chi connectivity index (χ1v) is 9.61. The zero-order chi connectivity index (χ0) is 18.7. The van der Waals surface area contributed by atoms with Crippen molar-refractivity contribution in [1.29, 1.82) is 0 Å². The molecule has 1 amide bonds. The fourth-order valence-electron chi connectivity index (χ4n) is 4.41. The molecule has 2 aliphatic rings. The van der Waals surface area contributed by atoms with Crippen LogP contribution in [-0.4, -0.2) is 41.3 Å². The van der Waals surface area contributed by atoms with Crippen molar-refractivity contribution in [2.45, 2.75) is 58.0 Å². The van der Waals surface area contributed by atoms with Crippen molar-refractivity contribution < 1.29 is 19.1 Å². The number of ketones is 1. The number of esters is 1. The Morgan fingerprint density at radius 3 is 2.58 bits per heavy atom. The number of ether oxygens (including phenoxy) is 1. The molecular formula is C21H27NO4. The van der Waals surface area contributed by atoms with Crippen molar-refractivity contribution in [3.63, 3.8) is 0 Å². The third kappa shape index (κ3) is 3.53. The summed E-state index contributed by atoms with van der Waals surface area (Å²) < 4.78 is 5.24. The monoisotopic (exact) mass is 357 g/mol. The molecule has 0 N–H and O–H groups in total. The quantitative estimate of drug-likeness (QED) is 0.735. The summed E-state index contributed by atoms with van der Waals surface area (Å²) in [6.45, 7) is 3.77. The molecule has 26 heavy (non-hydrogen) atoms. The molecule has 0 spiro atoms. The number of rotatable bonds is 6. The second kappa shape index (κ2) is 8.02. The van der Waals surface area contributed by atoms with Gasteiger partial charge in [0.15, 0.2) is 5.78 Å². The molecule has 1 saturated carbocycles. The number of likely N-dealkylation sites (tertiary alicyclic amines) is 1. The topological polar surface area (TPSA) is 63.7 Å². The minimum atomic E-state index is -0.705. The normalized spacial score (nSPS) is 26.5. The first kappa shape index (κ1) is 18.6. The summed E-state index contributed by atoms with van der Waals surface area (Å²) in [5, 5.41) is 0. The lowest BCUT2D eigenvalue weighted by atomic mass is 9.81. The van der Waals surface area contributed by atoms with Crippen molar-refractivity contribution in [2.24, 2.45) is 11.8 Å². The van der Waals surface area contributed by atoms with Gasteiger partial charge in [0.1, 0.15) is 6.04 Å². The molecule has 1 aromatic rings. The highest BCUT2D eigenvalue weighted by atomic mass is 16.5. The number of carbonyl (C=O) groups is 3. The third-order valence-electron chi connectivity index (χ3n) is 5.73. The number of carbonyl (C=O) groups excluding carboxylic acids is 3. The molecule has 4 atom stereocenters. The number of benzene rings is 1. The van der Waals surface area contributed by atoms with Crippen LogP contribution in [0.25, 0.3) is 0 Å². The van der Waals surface area contributed by atoms with Crippen molar-refractivity contribution in [2.75, 3.05) is 6.61 Å². The van der Waals surface area contributed by atoms with Crippen LogP contribution >= 0.6 is 0 Å². The van der Waals surface area contributed by atoms with Gasteiger partial charge in [0.25, 0.3) is 0 Å². The summed E-state index contributed by atoms with van der Waals surface area (Å²) in [5.41, 5.74) is 1.10. The zero-order valence-electron chi connectivity index (χ0n) is 15.5.